The molecule has 0 rings (SSSR count). The number of alkyl carbamates (subject to hydrolysis) is 1. The number of hydrogen-bond acceptors (Lipinski definition) is 4. The smallest absolute Gasteiger partial charge is 0.408 e. The van der Waals surface area contributed by atoms with Crippen LogP contribution in [0.25, 0.3) is 0 Å². The number of amides is 1. The largest absolute Gasteiger partial charge is 0.444 e. The Hall–Kier alpha value is -0.810. The molecule has 0 aromatic rings. The molecular weight excluding hydrogens is 222 g/mol. The van der Waals surface area contributed by atoms with Gasteiger partial charge in [0.2, 0.25) is 0 Å². The van der Waals surface area contributed by atoms with Gasteiger partial charge in [-0.2, -0.15) is 0 Å². The molecule has 0 bridgehead atoms. The normalized spacial score (nSPS) is 14.3. The van der Waals surface area contributed by atoms with Crippen LogP contribution in [0.3, 0.4) is 0 Å². The molecule has 0 saturated carbocycles. The number of carbonyl (C=O) groups excluding carboxylic acids is 1. The van der Waals surface area contributed by atoms with E-state index in [9.17, 15) is 15.0 Å². The van der Waals surface area contributed by atoms with Crippen molar-refractivity contribution in [2.75, 3.05) is 6.61 Å². The summed E-state index contributed by atoms with van der Waals surface area (Å²) in [6.07, 6.45) is 0.270. The molecule has 3 N–H and O–H groups in total. The molecule has 5 nitrogen and oxygen atoms in total. The molecule has 0 spiro atoms. The third kappa shape index (κ3) is 5.37. The fourth-order valence-corrected chi connectivity index (χ4v) is 1.54. The van der Waals surface area contributed by atoms with Crippen molar-refractivity contribution in [2.24, 2.45) is 0 Å². The topological polar surface area (TPSA) is 78.8 Å². The fraction of sp³-hybridized carbons (Fsp3) is 0.917. The van der Waals surface area contributed by atoms with Crippen LogP contribution in [-0.4, -0.2) is 40.2 Å². The van der Waals surface area contributed by atoms with Gasteiger partial charge in [-0.1, -0.05) is 13.8 Å². The van der Waals surface area contributed by atoms with Crippen molar-refractivity contribution in [1.29, 1.82) is 0 Å². The highest BCUT2D eigenvalue weighted by atomic mass is 16.6. The third-order valence-corrected chi connectivity index (χ3v) is 2.75. The number of rotatable bonds is 5. The minimum Gasteiger partial charge on any atom is -0.444 e. The van der Waals surface area contributed by atoms with E-state index in [1.807, 2.05) is 13.8 Å². The van der Waals surface area contributed by atoms with Crippen molar-refractivity contribution in [3.63, 3.8) is 0 Å². The first-order valence-corrected chi connectivity index (χ1v) is 6.01. The summed E-state index contributed by atoms with van der Waals surface area (Å²) in [4.78, 5) is 11.6. The number of aliphatic hydroxyl groups is 2. The van der Waals surface area contributed by atoms with E-state index in [2.05, 4.69) is 5.32 Å². The van der Waals surface area contributed by atoms with Crippen molar-refractivity contribution in [3.8, 4) is 0 Å². The van der Waals surface area contributed by atoms with E-state index < -0.39 is 23.3 Å². The zero-order valence-electron chi connectivity index (χ0n) is 11.4. The number of nitrogens with one attached hydrogen (secondary N) is 1. The average molecular weight is 247 g/mol. The van der Waals surface area contributed by atoms with Crippen LogP contribution in [0.5, 0.6) is 0 Å². The Morgan fingerprint density at radius 3 is 2.06 bits per heavy atom. The minimum absolute atomic E-state index is 0.322. The molecule has 0 aliphatic rings. The average Bonchev–Trinajstić information content (AvgIpc) is 2.22. The summed E-state index contributed by atoms with van der Waals surface area (Å²) in [5, 5.41) is 22.0. The predicted octanol–water partition coefficient (Wildman–Crippen LogP) is 1.42. The molecule has 102 valence electrons. The molecule has 0 aliphatic carbocycles. The van der Waals surface area contributed by atoms with Gasteiger partial charge in [-0.3, -0.25) is 0 Å². The lowest BCUT2D eigenvalue weighted by atomic mass is 9.89. The van der Waals surface area contributed by atoms with Gasteiger partial charge in [-0.25, -0.2) is 4.79 Å². The summed E-state index contributed by atoms with van der Waals surface area (Å²) in [6, 6.07) is -0.715. The van der Waals surface area contributed by atoms with Gasteiger partial charge in [0.1, 0.15) is 5.60 Å². The zero-order valence-corrected chi connectivity index (χ0v) is 11.4. The Kier molecular flexibility index (Phi) is 5.92. The number of hydrogen-bond donors (Lipinski definition) is 3. The van der Waals surface area contributed by atoms with E-state index in [0.29, 0.717) is 12.8 Å². The van der Waals surface area contributed by atoms with Crippen LogP contribution in [0.4, 0.5) is 4.79 Å². The second-order valence-electron chi connectivity index (χ2n) is 5.19. The second-order valence-corrected chi connectivity index (χ2v) is 5.19. The van der Waals surface area contributed by atoms with Crippen molar-refractivity contribution in [2.45, 2.75) is 64.7 Å². The van der Waals surface area contributed by atoms with E-state index in [4.69, 9.17) is 4.74 Å². The highest BCUT2D eigenvalue weighted by Crippen LogP contribution is 2.20. The molecule has 1 atom stereocenters. The van der Waals surface area contributed by atoms with Crippen molar-refractivity contribution < 1.29 is 19.7 Å². The lowest BCUT2D eigenvalue weighted by molar-refractivity contribution is -0.0290. The van der Waals surface area contributed by atoms with Gasteiger partial charge in [0.05, 0.1) is 18.2 Å². The quantitative estimate of drug-likeness (QED) is 0.686. The molecule has 0 heterocycles. The molecule has 5 heteroatoms. The highest BCUT2D eigenvalue weighted by molar-refractivity contribution is 5.68. The SMILES string of the molecule is CCC(O)(CC)C(CO)NC(=O)OC(C)(C)C. The minimum atomic E-state index is -1.11. The molecule has 1 unspecified atom stereocenters. The lowest BCUT2D eigenvalue weighted by Gasteiger charge is -2.34. The molecule has 0 fully saturated rings. The molecule has 0 radical (unpaired) electrons. The van der Waals surface area contributed by atoms with E-state index in [0.717, 1.165) is 0 Å². The van der Waals surface area contributed by atoms with E-state index >= 15 is 0 Å². The molecular formula is C12H25NO4. The Balaban J connectivity index is 4.55. The molecule has 0 saturated heterocycles. The van der Waals surface area contributed by atoms with Gasteiger partial charge in [-0.15, -0.1) is 0 Å². The van der Waals surface area contributed by atoms with Crippen LogP contribution in [0.1, 0.15) is 47.5 Å². The van der Waals surface area contributed by atoms with Gasteiger partial charge in [-0.05, 0) is 33.6 Å². The summed E-state index contributed by atoms with van der Waals surface area (Å²) < 4.78 is 5.08. The van der Waals surface area contributed by atoms with Crippen molar-refractivity contribution in [1.82, 2.24) is 5.32 Å². The van der Waals surface area contributed by atoms with E-state index in [1.54, 1.807) is 20.8 Å². The first-order chi connectivity index (χ1) is 7.68. The van der Waals surface area contributed by atoms with Gasteiger partial charge in [0, 0.05) is 0 Å². The number of ether oxygens (including phenoxy) is 1. The van der Waals surface area contributed by atoms with Gasteiger partial charge >= 0.3 is 6.09 Å². The molecule has 0 aromatic carbocycles. The number of aliphatic hydroxyl groups excluding tert-OH is 1. The van der Waals surface area contributed by atoms with Crippen LogP contribution in [0.15, 0.2) is 0 Å². The summed E-state index contributed by atoms with van der Waals surface area (Å²) >= 11 is 0. The zero-order chi connectivity index (χ0) is 13.7. The van der Waals surface area contributed by atoms with Crippen LogP contribution in [-0.2, 0) is 4.74 Å². The van der Waals surface area contributed by atoms with Crippen LogP contribution < -0.4 is 5.32 Å². The first-order valence-electron chi connectivity index (χ1n) is 6.01. The van der Waals surface area contributed by atoms with Gasteiger partial charge < -0.3 is 20.3 Å². The maximum Gasteiger partial charge on any atom is 0.408 e. The lowest BCUT2D eigenvalue weighted by Crippen LogP contribution is -2.55. The first kappa shape index (κ1) is 16.2. The second kappa shape index (κ2) is 6.21. The van der Waals surface area contributed by atoms with Crippen LogP contribution >= 0.6 is 0 Å². The van der Waals surface area contributed by atoms with Gasteiger partial charge in [0.25, 0.3) is 0 Å². The molecule has 1 amide bonds. The molecule has 0 aromatic heterocycles. The highest BCUT2D eigenvalue weighted by Gasteiger charge is 2.35. The fourth-order valence-electron chi connectivity index (χ4n) is 1.54. The van der Waals surface area contributed by atoms with Crippen LogP contribution in [0.2, 0.25) is 0 Å². The Morgan fingerprint density at radius 1 is 1.29 bits per heavy atom. The maximum absolute atomic E-state index is 11.6. The molecule has 17 heavy (non-hydrogen) atoms. The summed E-state index contributed by atoms with van der Waals surface area (Å²) in [5.74, 6) is 0. The standard InChI is InChI=1S/C12H25NO4/c1-6-12(16,7-2)9(8-14)13-10(15)17-11(3,4)5/h9,14,16H,6-8H2,1-5H3,(H,13,15). The Labute approximate surface area is 103 Å². The maximum atomic E-state index is 11.6. The van der Waals surface area contributed by atoms with E-state index in [-0.39, 0.29) is 6.61 Å². The molecule has 0 aliphatic heterocycles. The third-order valence-electron chi connectivity index (χ3n) is 2.75. The van der Waals surface area contributed by atoms with Crippen molar-refractivity contribution in [3.05, 3.63) is 0 Å². The van der Waals surface area contributed by atoms with Crippen molar-refractivity contribution >= 4 is 6.09 Å². The summed E-state index contributed by atoms with van der Waals surface area (Å²) in [6.45, 7) is 8.56. The van der Waals surface area contributed by atoms with Crippen LogP contribution in [0, 0.1) is 0 Å². The monoisotopic (exact) mass is 247 g/mol. The predicted molar refractivity (Wildman–Crippen MR) is 65.8 cm³/mol. The Bertz CT molecular complexity index is 243. The summed E-state index contributed by atoms with van der Waals surface area (Å²) in [5.41, 5.74) is -1.70. The van der Waals surface area contributed by atoms with Gasteiger partial charge in [0.15, 0.2) is 0 Å². The summed E-state index contributed by atoms with van der Waals surface area (Å²) in [7, 11) is 0. The Morgan fingerprint density at radius 2 is 1.76 bits per heavy atom. The number of carbonyl (C=O) groups is 1. The van der Waals surface area contributed by atoms with E-state index in [1.165, 1.54) is 0 Å².